The summed E-state index contributed by atoms with van der Waals surface area (Å²) >= 11 is 6.17. The molecule has 0 aromatic heterocycles. The van der Waals surface area contributed by atoms with Crippen molar-refractivity contribution in [1.82, 2.24) is 5.32 Å². The van der Waals surface area contributed by atoms with Crippen LogP contribution in [0.3, 0.4) is 0 Å². The molecule has 0 heterocycles. The molecule has 2 rings (SSSR count). The van der Waals surface area contributed by atoms with E-state index in [4.69, 9.17) is 21.1 Å². The molecular formula is C15H22ClNO3. The zero-order valence-corrected chi connectivity index (χ0v) is 13.0. The molecule has 1 atom stereocenters. The molecule has 1 saturated carbocycles. The molecule has 0 bridgehead atoms. The zero-order valence-electron chi connectivity index (χ0n) is 12.2. The maximum absolute atomic E-state index is 10.1. The Labute approximate surface area is 125 Å². The molecule has 0 amide bonds. The van der Waals surface area contributed by atoms with Crippen molar-refractivity contribution in [2.24, 2.45) is 0 Å². The summed E-state index contributed by atoms with van der Waals surface area (Å²) in [5, 5.41) is 14.0. The molecule has 1 aromatic rings. The van der Waals surface area contributed by atoms with E-state index in [9.17, 15) is 5.11 Å². The van der Waals surface area contributed by atoms with Gasteiger partial charge in [0.1, 0.15) is 11.5 Å². The average Bonchev–Trinajstić information content (AvgIpc) is 2.42. The predicted molar refractivity (Wildman–Crippen MR) is 79.8 cm³/mol. The van der Waals surface area contributed by atoms with E-state index in [1.165, 1.54) is 0 Å². The number of aliphatic hydroxyl groups is 1. The summed E-state index contributed by atoms with van der Waals surface area (Å²) < 4.78 is 10.6. The van der Waals surface area contributed by atoms with Crippen LogP contribution in [0.5, 0.6) is 11.5 Å². The summed E-state index contributed by atoms with van der Waals surface area (Å²) in [7, 11) is 3.20. The molecule has 4 nitrogen and oxygen atoms in total. The molecule has 5 heteroatoms. The fraction of sp³-hybridized carbons (Fsp3) is 0.600. The zero-order chi connectivity index (χ0) is 14.8. The monoisotopic (exact) mass is 299 g/mol. The lowest BCUT2D eigenvalue weighted by atomic mass is 9.80. The first kappa shape index (κ1) is 15.4. The van der Waals surface area contributed by atoms with Gasteiger partial charge in [0.2, 0.25) is 0 Å². The van der Waals surface area contributed by atoms with Gasteiger partial charge in [0.25, 0.3) is 0 Å². The van der Waals surface area contributed by atoms with E-state index >= 15 is 0 Å². The Morgan fingerprint density at radius 2 is 1.95 bits per heavy atom. The summed E-state index contributed by atoms with van der Waals surface area (Å²) in [6.07, 6.45) is 2.84. The number of hydrogen-bond donors (Lipinski definition) is 2. The summed E-state index contributed by atoms with van der Waals surface area (Å²) in [6.45, 7) is 2.61. The molecule has 0 aliphatic heterocycles. The van der Waals surface area contributed by atoms with E-state index in [1.54, 1.807) is 20.3 Å². The second-order valence-electron chi connectivity index (χ2n) is 5.41. The molecular weight excluding hydrogens is 278 g/mol. The maximum Gasteiger partial charge on any atom is 0.141 e. The van der Waals surface area contributed by atoms with E-state index in [-0.39, 0.29) is 6.04 Å². The fourth-order valence-corrected chi connectivity index (χ4v) is 2.69. The highest BCUT2D eigenvalue weighted by molar-refractivity contribution is 6.32. The molecule has 1 fully saturated rings. The summed E-state index contributed by atoms with van der Waals surface area (Å²) in [4.78, 5) is 0. The fourth-order valence-electron chi connectivity index (χ4n) is 2.44. The van der Waals surface area contributed by atoms with Crippen LogP contribution >= 0.6 is 11.6 Å². The van der Waals surface area contributed by atoms with Gasteiger partial charge in [0.15, 0.2) is 0 Å². The second-order valence-corrected chi connectivity index (χ2v) is 5.82. The van der Waals surface area contributed by atoms with Gasteiger partial charge in [-0.3, -0.25) is 0 Å². The van der Waals surface area contributed by atoms with Crippen molar-refractivity contribution in [3.05, 3.63) is 22.7 Å². The van der Waals surface area contributed by atoms with Gasteiger partial charge in [-0.15, -0.1) is 0 Å². The van der Waals surface area contributed by atoms with E-state index in [2.05, 4.69) is 5.32 Å². The molecule has 1 aliphatic rings. The molecule has 1 unspecified atom stereocenters. The number of ether oxygens (including phenoxy) is 2. The lowest BCUT2D eigenvalue weighted by Crippen LogP contribution is -2.46. The van der Waals surface area contributed by atoms with Crippen molar-refractivity contribution in [3.63, 3.8) is 0 Å². The smallest absolute Gasteiger partial charge is 0.141 e. The van der Waals surface area contributed by atoms with Crippen molar-refractivity contribution in [2.45, 2.75) is 37.8 Å². The van der Waals surface area contributed by atoms with Crippen LogP contribution in [-0.4, -0.2) is 31.5 Å². The second kappa shape index (κ2) is 6.20. The molecule has 0 radical (unpaired) electrons. The Kier molecular flexibility index (Phi) is 4.78. The Bertz CT molecular complexity index is 474. The molecule has 20 heavy (non-hydrogen) atoms. The molecule has 0 saturated heterocycles. The third kappa shape index (κ3) is 3.19. The number of methoxy groups -OCH3 is 2. The van der Waals surface area contributed by atoms with Crippen molar-refractivity contribution in [1.29, 1.82) is 0 Å². The van der Waals surface area contributed by atoms with Gasteiger partial charge in [0, 0.05) is 24.2 Å². The van der Waals surface area contributed by atoms with Gasteiger partial charge in [-0.1, -0.05) is 11.6 Å². The average molecular weight is 300 g/mol. The molecule has 0 spiro atoms. The van der Waals surface area contributed by atoms with Crippen LogP contribution in [0.4, 0.5) is 0 Å². The molecule has 2 N–H and O–H groups in total. The van der Waals surface area contributed by atoms with E-state index in [0.29, 0.717) is 17.3 Å². The van der Waals surface area contributed by atoms with Gasteiger partial charge in [-0.05, 0) is 32.3 Å². The molecule has 1 aromatic carbocycles. The number of benzene rings is 1. The first-order valence-corrected chi connectivity index (χ1v) is 7.24. The summed E-state index contributed by atoms with van der Waals surface area (Å²) in [6, 6.07) is 3.67. The standard InChI is InChI=1S/C15H22ClNO3/c1-10(17-9-15(18)5-4-6-15)11-7-12(16)14(20-3)8-13(11)19-2/h7-8,10,17-18H,4-6,9H2,1-3H3. The first-order chi connectivity index (χ1) is 9.49. The minimum Gasteiger partial charge on any atom is -0.496 e. The Hall–Kier alpha value is -0.970. The van der Waals surface area contributed by atoms with E-state index in [0.717, 1.165) is 30.6 Å². The lowest BCUT2D eigenvalue weighted by molar-refractivity contribution is -0.0329. The van der Waals surface area contributed by atoms with E-state index in [1.807, 2.05) is 13.0 Å². The van der Waals surface area contributed by atoms with Crippen LogP contribution in [0, 0.1) is 0 Å². The van der Waals surface area contributed by atoms with E-state index < -0.39 is 5.60 Å². The van der Waals surface area contributed by atoms with Gasteiger partial charge in [-0.2, -0.15) is 0 Å². The van der Waals surface area contributed by atoms with Gasteiger partial charge >= 0.3 is 0 Å². The van der Waals surface area contributed by atoms with Crippen LogP contribution in [0.25, 0.3) is 0 Å². The van der Waals surface area contributed by atoms with Crippen LogP contribution < -0.4 is 14.8 Å². The highest BCUT2D eigenvalue weighted by Crippen LogP contribution is 2.36. The van der Waals surface area contributed by atoms with Gasteiger partial charge in [0.05, 0.1) is 24.8 Å². The number of halogens is 1. The number of rotatable bonds is 6. The lowest BCUT2D eigenvalue weighted by Gasteiger charge is -2.37. The largest absolute Gasteiger partial charge is 0.496 e. The van der Waals surface area contributed by atoms with Crippen molar-refractivity contribution >= 4 is 11.6 Å². The maximum atomic E-state index is 10.1. The van der Waals surface area contributed by atoms with Crippen molar-refractivity contribution in [3.8, 4) is 11.5 Å². The molecule has 112 valence electrons. The normalized spacial score (nSPS) is 18.2. The third-order valence-corrected chi connectivity index (χ3v) is 4.29. The third-order valence-electron chi connectivity index (χ3n) is 3.99. The highest BCUT2D eigenvalue weighted by atomic mass is 35.5. The predicted octanol–water partition coefficient (Wildman–Crippen LogP) is 2.92. The Morgan fingerprint density at radius 3 is 2.45 bits per heavy atom. The minimum atomic E-state index is -0.544. The molecule has 1 aliphatic carbocycles. The van der Waals surface area contributed by atoms with Crippen LogP contribution in [0.1, 0.15) is 37.8 Å². The first-order valence-electron chi connectivity index (χ1n) is 6.86. The highest BCUT2D eigenvalue weighted by Gasteiger charge is 2.34. The minimum absolute atomic E-state index is 0.0398. The SMILES string of the molecule is COc1cc(OC)c(C(C)NCC2(O)CCC2)cc1Cl. The Morgan fingerprint density at radius 1 is 1.30 bits per heavy atom. The summed E-state index contributed by atoms with van der Waals surface area (Å²) in [5.74, 6) is 1.32. The number of nitrogens with one attached hydrogen (secondary N) is 1. The van der Waals surface area contributed by atoms with Crippen LogP contribution in [0.2, 0.25) is 5.02 Å². The summed E-state index contributed by atoms with van der Waals surface area (Å²) in [5.41, 5.74) is 0.416. The quantitative estimate of drug-likeness (QED) is 0.848. The Balaban J connectivity index is 2.11. The van der Waals surface area contributed by atoms with Crippen LogP contribution in [0.15, 0.2) is 12.1 Å². The van der Waals surface area contributed by atoms with Crippen molar-refractivity contribution < 1.29 is 14.6 Å². The van der Waals surface area contributed by atoms with Crippen molar-refractivity contribution in [2.75, 3.05) is 20.8 Å². The van der Waals surface area contributed by atoms with Gasteiger partial charge < -0.3 is 19.9 Å². The van der Waals surface area contributed by atoms with Gasteiger partial charge in [-0.25, -0.2) is 0 Å². The topological polar surface area (TPSA) is 50.7 Å². The van der Waals surface area contributed by atoms with Crippen LogP contribution in [-0.2, 0) is 0 Å². The number of hydrogen-bond acceptors (Lipinski definition) is 4.